The van der Waals surface area contributed by atoms with Gasteiger partial charge < -0.3 is 10.1 Å². The average Bonchev–Trinajstić information content (AvgIpc) is 2.10. The molecule has 0 saturated carbocycles. The summed E-state index contributed by atoms with van der Waals surface area (Å²) in [6, 6.07) is 0.519. The number of hydrogen-bond donors (Lipinski definition) is 1. The molecule has 0 aliphatic heterocycles. The summed E-state index contributed by atoms with van der Waals surface area (Å²) in [4.78, 5) is 0. The fraction of sp³-hybridized carbons (Fsp3) is 0.800. The minimum absolute atomic E-state index is 0.519. The Morgan fingerprint density at radius 3 is 2.75 bits per heavy atom. The molecule has 0 fully saturated rings. The van der Waals surface area contributed by atoms with Crippen LogP contribution in [0.5, 0.6) is 0 Å². The van der Waals surface area contributed by atoms with Gasteiger partial charge in [0.1, 0.15) is 0 Å². The number of hydrogen-bond acceptors (Lipinski definition) is 2. The smallest absolute Gasteiger partial charge is 0.0477 e. The molecule has 2 nitrogen and oxygen atoms in total. The highest BCUT2D eigenvalue weighted by Crippen LogP contribution is 2.01. The van der Waals surface area contributed by atoms with Crippen LogP contribution in [0.3, 0.4) is 0 Å². The molecule has 70 valence electrons. The minimum Gasteiger partial charge on any atom is -0.385 e. The van der Waals surface area contributed by atoms with Crippen molar-refractivity contribution in [1.82, 2.24) is 5.32 Å². The molecule has 0 radical (unpaired) electrons. The van der Waals surface area contributed by atoms with E-state index in [0.717, 1.165) is 32.4 Å². The molecule has 0 heterocycles. The van der Waals surface area contributed by atoms with Gasteiger partial charge in [0.05, 0.1) is 0 Å². The number of terminal acetylenes is 1. The molecule has 0 bridgehead atoms. The summed E-state index contributed by atoms with van der Waals surface area (Å²) >= 11 is 0. The predicted molar refractivity (Wildman–Crippen MR) is 52.0 cm³/mol. The second-order valence-electron chi connectivity index (χ2n) is 2.78. The molecule has 0 aromatic heterocycles. The van der Waals surface area contributed by atoms with E-state index in [1.807, 2.05) is 0 Å². The quantitative estimate of drug-likeness (QED) is 0.582. The lowest BCUT2D eigenvalue weighted by Crippen LogP contribution is -2.29. The van der Waals surface area contributed by atoms with Gasteiger partial charge in [0.15, 0.2) is 0 Å². The van der Waals surface area contributed by atoms with Gasteiger partial charge in [-0.15, -0.1) is 12.3 Å². The summed E-state index contributed by atoms with van der Waals surface area (Å²) in [7, 11) is 1.73. The van der Waals surface area contributed by atoms with Crippen molar-refractivity contribution in [3.63, 3.8) is 0 Å². The summed E-state index contributed by atoms with van der Waals surface area (Å²) < 4.78 is 5.01. The van der Waals surface area contributed by atoms with Crippen molar-refractivity contribution < 1.29 is 4.74 Å². The minimum atomic E-state index is 0.519. The molecule has 0 spiro atoms. The molecule has 1 unspecified atom stereocenters. The van der Waals surface area contributed by atoms with Crippen molar-refractivity contribution in [2.75, 3.05) is 20.3 Å². The molecular formula is C10H19NO. The summed E-state index contributed by atoms with van der Waals surface area (Å²) in [6.45, 7) is 3.91. The first-order chi connectivity index (χ1) is 5.85. The van der Waals surface area contributed by atoms with Crippen LogP contribution < -0.4 is 5.32 Å². The molecule has 0 aliphatic carbocycles. The topological polar surface area (TPSA) is 21.3 Å². The Morgan fingerprint density at radius 2 is 2.25 bits per heavy atom. The van der Waals surface area contributed by atoms with E-state index in [2.05, 4.69) is 18.2 Å². The molecule has 2 heteroatoms. The van der Waals surface area contributed by atoms with E-state index in [0.29, 0.717) is 6.04 Å². The SMILES string of the molecule is C#CCCC(CCOC)NCC. The zero-order valence-electron chi connectivity index (χ0n) is 8.10. The summed E-state index contributed by atoms with van der Waals surface area (Å²) in [6.07, 6.45) is 8.14. The van der Waals surface area contributed by atoms with Gasteiger partial charge in [0, 0.05) is 26.2 Å². The maximum atomic E-state index is 5.19. The van der Waals surface area contributed by atoms with Gasteiger partial charge in [-0.3, -0.25) is 0 Å². The number of rotatable bonds is 7. The Morgan fingerprint density at radius 1 is 1.50 bits per heavy atom. The van der Waals surface area contributed by atoms with Gasteiger partial charge in [0.2, 0.25) is 0 Å². The first-order valence-electron chi connectivity index (χ1n) is 4.50. The highest BCUT2D eigenvalue weighted by atomic mass is 16.5. The van der Waals surface area contributed by atoms with Gasteiger partial charge in [-0.25, -0.2) is 0 Å². The van der Waals surface area contributed by atoms with Crippen molar-refractivity contribution >= 4 is 0 Å². The summed E-state index contributed by atoms with van der Waals surface area (Å²) in [5.41, 5.74) is 0. The van der Waals surface area contributed by atoms with Gasteiger partial charge in [-0.05, 0) is 19.4 Å². The zero-order chi connectivity index (χ0) is 9.23. The second-order valence-corrected chi connectivity index (χ2v) is 2.78. The van der Waals surface area contributed by atoms with Crippen LogP contribution in [0.4, 0.5) is 0 Å². The Bertz CT molecular complexity index is 128. The van der Waals surface area contributed by atoms with Crippen LogP contribution in [-0.2, 0) is 4.74 Å². The lowest BCUT2D eigenvalue weighted by molar-refractivity contribution is 0.181. The molecule has 0 aromatic rings. The first-order valence-corrected chi connectivity index (χ1v) is 4.50. The Hall–Kier alpha value is -0.520. The van der Waals surface area contributed by atoms with Crippen LogP contribution in [0.25, 0.3) is 0 Å². The number of ether oxygens (including phenoxy) is 1. The van der Waals surface area contributed by atoms with Crippen LogP contribution in [0.1, 0.15) is 26.2 Å². The molecule has 0 aromatic carbocycles. The van der Waals surface area contributed by atoms with Crippen LogP contribution in [0, 0.1) is 12.3 Å². The number of methoxy groups -OCH3 is 1. The molecule has 0 aliphatic rings. The van der Waals surface area contributed by atoms with E-state index in [9.17, 15) is 0 Å². The fourth-order valence-corrected chi connectivity index (χ4v) is 1.15. The third-order valence-corrected chi connectivity index (χ3v) is 1.80. The monoisotopic (exact) mass is 169 g/mol. The van der Waals surface area contributed by atoms with E-state index < -0.39 is 0 Å². The molecule has 0 saturated heterocycles. The Kier molecular flexibility index (Phi) is 8.20. The van der Waals surface area contributed by atoms with Crippen molar-refractivity contribution in [3.05, 3.63) is 0 Å². The van der Waals surface area contributed by atoms with Gasteiger partial charge in [0.25, 0.3) is 0 Å². The fourth-order valence-electron chi connectivity index (χ4n) is 1.15. The highest BCUT2D eigenvalue weighted by molar-refractivity contribution is 4.85. The normalized spacial score (nSPS) is 12.4. The second kappa shape index (κ2) is 8.58. The number of nitrogens with one attached hydrogen (secondary N) is 1. The van der Waals surface area contributed by atoms with E-state index in [-0.39, 0.29) is 0 Å². The molecule has 1 atom stereocenters. The first kappa shape index (κ1) is 11.5. The lowest BCUT2D eigenvalue weighted by Gasteiger charge is -2.15. The standard InChI is InChI=1S/C10H19NO/c1-4-6-7-10(11-5-2)8-9-12-3/h1,10-11H,5-9H2,2-3H3. The van der Waals surface area contributed by atoms with Crippen molar-refractivity contribution in [1.29, 1.82) is 0 Å². The van der Waals surface area contributed by atoms with E-state index in [1.165, 1.54) is 0 Å². The van der Waals surface area contributed by atoms with Crippen LogP contribution in [-0.4, -0.2) is 26.3 Å². The molecule has 0 amide bonds. The summed E-state index contributed by atoms with van der Waals surface area (Å²) in [5.74, 6) is 2.65. The highest BCUT2D eigenvalue weighted by Gasteiger charge is 2.04. The van der Waals surface area contributed by atoms with Crippen LogP contribution >= 0.6 is 0 Å². The molecule has 0 rings (SSSR count). The van der Waals surface area contributed by atoms with Crippen LogP contribution in [0.15, 0.2) is 0 Å². The van der Waals surface area contributed by atoms with Crippen molar-refractivity contribution in [3.8, 4) is 12.3 Å². The molecular weight excluding hydrogens is 150 g/mol. The third-order valence-electron chi connectivity index (χ3n) is 1.80. The predicted octanol–water partition coefficient (Wildman–Crippen LogP) is 1.41. The third kappa shape index (κ3) is 6.21. The van der Waals surface area contributed by atoms with Gasteiger partial charge in [-0.1, -0.05) is 6.92 Å². The maximum Gasteiger partial charge on any atom is 0.0477 e. The maximum absolute atomic E-state index is 5.19. The Labute approximate surface area is 75.7 Å². The summed E-state index contributed by atoms with van der Waals surface area (Å²) in [5, 5.41) is 3.38. The lowest BCUT2D eigenvalue weighted by atomic mass is 10.1. The van der Waals surface area contributed by atoms with Crippen molar-refractivity contribution in [2.45, 2.75) is 32.2 Å². The van der Waals surface area contributed by atoms with Crippen LogP contribution in [0.2, 0.25) is 0 Å². The van der Waals surface area contributed by atoms with Gasteiger partial charge >= 0.3 is 0 Å². The van der Waals surface area contributed by atoms with E-state index in [4.69, 9.17) is 11.2 Å². The van der Waals surface area contributed by atoms with E-state index >= 15 is 0 Å². The van der Waals surface area contributed by atoms with Gasteiger partial charge in [-0.2, -0.15) is 0 Å². The Balaban J connectivity index is 3.48. The average molecular weight is 169 g/mol. The molecule has 12 heavy (non-hydrogen) atoms. The molecule has 1 N–H and O–H groups in total. The van der Waals surface area contributed by atoms with Crippen molar-refractivity contribution in [2.24, 2.45) is 0 Å². The zero-order valence-corrected chi connectivity index (χ0v) is 8.10. The largest absolute Gasteiger partial charge is 0.385 e. The van der Waals surface area contributed by atoms with E-state index in [1.54, 1.807) is 7.11 Å².